The van der Waals surface area contributed by atoms with Crippen LogP contribution in [-0.4, -0.2) is 24.5 Å². The van der Waals surface area contributed by atoms with Gasteiger partial charge in [0, 0.05) is 6.20 Å². The summed E-state index contributed by atoms with van der Waals surface area (Å²) >= 11 is 0. The number of benzene rings is 1. The number of nitrogens with two attached hydrogens (primary N) is 1. The molecule has 0 aliphatic carbocycles. The first-order valence-electron chi connectivity index (χ1n) is 6.13. The van der Waals surface area contributed by atoms with Crippen LogP contribution in [0.5, 0.6) is 0 Å². The number of carbonyl (C=O) groups is 1. The lowest BCUT2D eigenvalue weighted by molar-refractivity contribution is -0.138. The number of aliphatic carboxylic acids is 1. The summed E-state index contributed by atoms with van der Waals surface area (Å²) in [6.45, 7) is 0. The van der Waals surface area contributed by atoms with Crippen molar-refractivity contribution >= 4 is 16.0 Å². The number of aromatic nitrogens is 1. The number of carboxylic acids is 1. The van der Waals surface area contributed by atoms with E-state index in [9.17, 15) is 18.3 Å². The SMILES string of the molecule is NS(=O)(=O)c1ccc(C(Cc2ccccc2)C(=O)O)nc1. The van der Waals surface area contributed by atoms with Crippen LogP contribution >= 0.6 is 0 Å². The van der Waals surface area contributed by atoms with Gasteiger partial charge in [-0.3, -0.25) is 9.78 Å². The van der Waals surface area contributed by atoms with E-state index in [0.29, 0.717) is 5.69 Å². The highest BCUT2D eigenvalue weighted by molar-refractivity contribution is 7.89. The zero-order valence-corrected chi connectivity index (χ0v) is 11.8. The fraction of sp³-hybridized carbons (Fsp3) is 0.143. The molecule has 0 saturated heterocycles. The Kier molecular flexibility index (Phi) is 4.35. The van der Waals surface area contributed by atoms with Gasteiger partial charge >= 0.3 is 5.97 Å². The molecule has 1 aromatic heterocycles. The Labute approximate surface area is 122 Å². The van der Waals surface area contributed by atoms with Crippen LogP contribution in [0.25, 0.3) is 0 Å². The standard InChI is InChI=1S/C14H14N2O4S/c15-21(19,20)11-6-7-13(16-9-11)12(14(17)18)8-10-4-2-1-3-5-10/h1-7,9,12H,8H2,(H,17,18)(H2,15,19,20). The first-order valence-corrected chi connectivity index (χ1v) is 7.68. The molecule has 2 rings (SSSR count). The summed E-state index contributed by atoms with van der Waals surface area (Å²) in [5.41, 5.74) is 1.15. The Balaban J connectivity index is 2.29. The molecule has 0 aliphatic heterocycles. The van der Waals surface area contributed by atoms with Crippen LogP contribution in [0.4, 0.5) is 0 Å². The summed E-state index contributed by atoms with van der Waals surface area (Å²) in [7, 11) is -3.83. The molecule has 0 saturated carbocycles. The molecule has 2 aromatic rings. The van der Waals surface area contributed by atoms with Crippen molar-refractivity contribution < 1.29 is 18.3 Å². The number of carboxylic acid groups (broad SMARTS) is 1. The third-order valence-electron chi connectivity index (χ3n) is 3.03. The molecular formula is C14H14N2O4S. The van der Waals surface area contributed by atoms with Crippen LogP contribution in [0.15, 0.2) is 53.6 Å². The van der Waals surface area contributed by atoms with Crippen molar-refractivity contribution in [3.8, 4) is 0 Å². The summed E-state index contributed by atoms with van der Waals surface area (Å²) in [4.78, 5) is 15.2. The molecule has 21 heavy (non-hydrogen) atoms. The second-order valence-corrected chi connectivity index (χ2v) is 6.11. The van der Waals surface area contributed by atoms with Gasteiger partial charge in [0.15, 0.2) is 0 Å². The number of sulfonamides is 1. The first-order chi connectivity index (χ1) is 9.88. The summed E-state index contributed by atoms with van der Waals surface area (Å²) in [6.07, 6.45) is 1.35. The van der Waals surface area contributed by atoms with Gasteiger partial charge in [-0.05, 0) is 24.1 Å². The minimum absolute atomic E-state index is 0.143. The predicted octanol–water partition coefficient (Wildman–Crippen LogP) is 1.14. The second kappa shape index (κ2) is 6.02. The Morgan fingerprint density at radius 3 is 2.33 bits per heavy atom. The van der Waals surface area contributed by atoms with Crippen LogP contribution in [0.1, 0.15) is 17.2 Å². The molecule has 1 atom stereocenters. The maximum absolute atomic E-state index is 11.4. The molecule has 1 aromatic carbocycles. The highest BCUT2D eigenvalue weighted by atomic mass is 32.2. The third kappa shape index (κ3) is 3.87. The average molecular weight is 306 g/mol. The Morgan fingerprint density at radius 2 is 1.86 bits per heavy atom. The van der Waals surface area contributed by atoms with Crippen LogP contribution in [0.3, 0.4) is 0 Å². The van der Waals surface area contributed by atoms with E-state index < -0.39 is 21.9 Å². The third-order valence-corrected chi connectivity index (χ3v) is 3.92. The molecule has 110 valence electrons. The number of pyridine rings is 1. The van der Waals surface area contributed by atoms with Gasteiger partial charge in [0.2, 0.25) is 10.0 Å². The molecular weight excluding hydrogens is 292 g/mol. The van der Waals surface area contributed by atoms with Crippen molar-refractivity contribution in [3.63, 3.8) is 0 Å². The van der Waals surface area contributed by atoms with E-state index >= 15 is 0 Å². The van der Waals surface area contributed by atoms with Crippen molar-refractivity contribution in [2.45, 2.75) is 17.2 Å². The van der Waals surface area contributed by atoms with E-state index in [1.807, 2.05) is 30.3 Å². The van der Waals surface area contributed by atoms with Gasteiger partial charge in [0.25, 0.3) is 0 Å². The van der Waals surface area contributed by atoms with Crippen LogP contribution in [0.2, 0.25) is 0 Å². The van der Waals surface area contributed by atoms with Crippen LogP contribution < -0.4 is 5.14 Å². The Bertz CT molecular complexity index is 727. The van der Waals surface area contributed by atoms with Gasteiger partial charge in [0.1, 0.15) is 10.8 Å². The molecule has 6 nitrogen and oxygen atoms in total. The number of nitrogens with zero attached hydrogens (tertiary/aromatic N) is 1. The lowest BCUT2D eigenvalue weighted by atomic mass is 9.96. The largest absolute Gasteiger partial charge is 0.481 e. The van der Waals surface area contributed by atoms with Crippen molar-refractivity contribution in [1.29, 1.82) is 0 Å². The Hall–Kier alpha value is -2.25. The minimum Gasteiger partial charge on any atom is -0.481 e. The molecule has 3 N–H and O–H groups in total. The summed E-state index contributed by atoms with van der Waals surface area (Å²) in [5.74, 6) is -1.86. The normalized spacial score (nSPS) is 12.8. The van der Waals surface area contributed by atoms with E-state index in [1.54, 1.807) is 0 Å². The molecule has 7 heteroatoms. The molecule has 0 fully saturated rings. The van der Waals surface area contributed by atoms with Gasteiger partial charge in [-0.25, -0.2) is 13.6 Å². The molecule has 0 radical (unpaired) electrons. The molecule has 1 heterocycles. The zero-order valence-electron chi connectivity index (χ0n) is 11.0. The van der Waals surface area contributed by atoms with Gasteiger partial charge < -0.3 is 5.11 Å². The topological polar surface area (TPSA) is 110 Å². The summed E-state index contributed by atoms with van der Waals surface area (Å²) < 4.78 is 22.3. The average Bonchev–Trinajstić information content (AvgIpc) is 2.45. The van der Waals surface area contributed by atoms with Crippen molar-refractivity contribution in [3.05, 3.63) is 59.9 Å². The molecule has 0 bridgehead atoms. The van der Waals surface area contributed by atoms with Gasteiger partial charge in [0.05, 0.1) is 5.69 Å². The van der Waals surface area contributed by atoms with Crippen LogP contribution in [-0.2, 0) is 21.2 Å². The number of hydrogen-bond acceptors (Lipinski definition) is 4. The number of hydrogen-bond donors (Lipinski definition) is 2. The fourth-order valence-corrected chi connectivity index (χ4v) is 2.39. The molecule has 0 spiro atoms. The highest BCUT2D eigenvalue weighted by Gasteiger charge is 2.22. The second-order valence-electron chi connectivity index (χ2n) is 4.54. The van der Waals surface area contributed by atoms with Crippen molar-refractivity contribution in [2.75, 3.05) is 0 Å². The van der Waals surface area contributed by atoms with E-state index in [2.05, 4.69) is 4.98 Å². The lowest BCUT2D eigenvalue weighted by Gasteiger charge is -2.12. The van der Waals surface area contributed by atoms with Gasteiger partial charge in [-0.1, -0.05) is 30.3 Å². The smallest absolute Gasteiger partial charge is 0.312 e. The zero-order chi connectivity index (χ0) is 15.5. The molecule has 0 amide bonds. The molecule has 1 unspecified atom stereocenters. The fourth-order valence-electron chi connectivity index (χ4n) is 1.93. The monoisotopic (exact) mass is 306 g/mol. The number of primary sulfonamides is 1. The Morgan fingerprint density at radius 1 is 1.19 bits per heavy atom. The first kappa shape index (κ1) is 15.1. The van der Waals surface area contributed by atoms with E-state index in [1.165, 1.54) is 12.1 Å². The van der Waals surface area contributed by atoms with Crippen molar-refractivity contribution in [1.82, 2.24) is 4.98 Å². The predicted molar refractivity (Wildman–Crippen MR) is 76.1 cm³/mol. The maximum atomic E-state index is 11.4. The van der Waals surface area contributed by atoms with E-state index in [0.717, 1.165) is 11.8 Å². The summed E-state index contributed by atoms with van der Waals surface area (Å²) in [5, 5.41) is 14.3. The lowest BCUT2D eigenvalue weighted by Crippen LogP contribution is -2.17. The molecule has 0 aliphatic rings. The van der Waals surface area contributed by atoms with Crippen LogP contribution in [0, 0.1) is 0 Å². The number of rotatable bonds is 5. The minimum atomic E-state index is -3.83. The van der Waals surface area contributed by atoms with E-state index in [4.69, 9.17) is 5.14 Å². The van der Waals surface area contributed by atoms with Crippen molar-refractivity contribution in [2.24, 2.45) is 5.14 Å². The van der Waals surface area contributed by atoms with Gasteiger partial charge in [-0.15, -0.1) is 0 Å². The quantitative estimate of drug-likeness (QED) is 0.860. The highest BCUT2D eigenvalue weighted by Crippen LogP contribution is 2.20. The van der Waals surface area contributed by atoms with Gasteiger partial charge in [-0.2, -0.15) is 0 Å². The summed E-state index contributed by atoms with van der Waals surface area (Å²) in [6, 6.07) is 11.8. The van der Waals surface area contributed by atoms with E-state index in [-0.39, 0.29) is 11.3 Å². The maximum Gasteiger partial charge on any atom is 0.312 e.